The van der Waals surface area contributed by atoms with Crippen molar-refractivity contribution in [3.63, 3.8) is 0 Å². The number of carboxylic acids is 3. The number of hydrogen-bond donors (Lipinski definition) is 1. The smallest absolute Gasteiger partial charge is 0.549 e. The summed E-state index contributed by atoms with van der Waals surface area (Å²) in [6, 6.07) is 18.3. The van der Waals surface area contributed by atoms with Gasteiger partial charge in [0.25, 0.3) is 0 Å². The number of aromatic nitrogens is 2. The molecule has 0 unspecified atom stereocenters. The summed E-state index contributed by atoms with van der Waals surface area (Å²) in [6.45, 7) is -0.873. The third-order valence-corrected chi connectivity index (χ3v) is 7.27. The maximum absolute atomic E-state index is 12.8. The standard InChI is InChI=1S/C35H36N6O8.Eu/c1-24(42)19-40(22-32(46)47)17-15-39(21-31(44)45)16-18-41(23-33(48)49)20-30(43)37-28-10-4-25(5-11-28)6-12-29-13-9-27-8-7-26-3-2-14-36-34(26)35(27)38-29;/h2-5,7-11,13-14H,15-23H2,1H3,(H,37,43)(H,44,45)(H,46,47)(H,48,49);/q;+3/p-3. The van der Waals surface area contributed by atoms with Crippen molar-refractivity contribution in [2.45, 2.75) is 6.92 Å². The van der Waals surface area contributed by atoms with Gasteiger partial charge in [-0.25, -0.2) is 4.98 Å². The summed E-state index contributed by atoms with van der Waals surface area (Å²) < 4.78 is 0. The van der Waals surface area contributed by atoms with Crippen LogP contribution in [0.25, 0.3) is 21.8 Å². The van der Waals surface area contributed by atoms with E-state index in [0.717, 1.165) is 21.8 Å². The number of nitrogens with zero attached hydrogens (tertiary/aromatic N) is 5. The minimum absolute atomic E-state index is 0. The summed E-state index contributed by atoms with van der Waals surface area (Å²) in [4.78, 5) is 71.2. The predicted molar refractivity (Wildman–Crippen MR) is 173 cm³/mol. The van der Waals surface area contributed by atoms with Crippen LogP contribution in [0.3, 0.4) is 0 Å². The molecule has 0 radical (unpaired) electrons. The molecule has 0 bridgehead atoms. The summed E-state index contributed by atoms with van der Waals surface area (Å²) >= 11 is 0. The largest absolute Gasteiger partial charge is 3.00 e. The Balaban J connectivity index is 0.00000676. The van der Waals surface area contributed by atoms with Gasteiger partial charge in [-0.1, -0.05) is 24.1 Å². The van der Waals surface area contributed by atoms with E-state index in [1.54, 1.807) is 30.5 Å². The number of aliphatic carboxylic acids is 3. The van der Waals surface area contributed by atoms with Crippen molar-refractivity contribution in [1.82, 2.24) is 24.7 Å². The number of anilines is 1. The summed E-state index contributed by atoms with van der Waals surface area (Å²) in [6.07, 6.45) is 1.72. The minimum atomic E-state index is -1.44. The molecule has 15 heteroatoms. The average Bonchev–Trinajstić information content (AvgIpc) is 3.04. The molecule has 0 aliphatic carbocycles. The first kappa shape index (κ1) is 40.3. The van der Waals surface area contributed by atoms with Gasteiger partial charge in [0, 0.05) is 74.0 Å². The van der Waals surface area contributed by atoms with Crippen molar-refractivity contribution in [2.24, 2.45) is 0 Å². The first-order valence-electron chi connectivity index (χ1n) is 15.3. The third-order valence-electron chi connectivity index (χ3n) is 7.27. The molecule has 2 aromatic carbocycles. The molecule has 258 valence electrons. The van der Waals surface area contributed by atoms with Gasteiger partial charge in [-0.15, -0.1) is 0 Å². The molecule has 0 spiro atoms. The molecule has 0 saturated heterocycles. The van der Waals surface area contributed by atoms with E-state index >= 15 is 0 Å². The molecule has 1 amide bonds. The van der Waals surface area contributed by atoms with E-state index in [1.165, 1.54) is 21.6 Å². The van der Waals surface area contributed by atoms with Gasteiger partial charge in [-0.05, 0) is 55.3 Å². The first-order chi connectivity index (χ1) is 23.4. The zero-order valence-electron chi connectivity index (χ0n) is 27.1. The number of nitrogens with one attached hydrogen (secondary N) is 1. The SMILES string of the molecule is CC(=O)CN(CCN(CCN(CC(=O)[O-])CC(=O)Nc1ccc(C#Cc2ccc3ccc4cccnc4c3n2)cc1)CC(=O)[O-])CC(=O)[O-].[Eu+3]. The van der Waals surface area contributed by atoms with Crippen molar-refractivity contribution in [1.29, 1.82) is 0 Å². The van der Waals surface area contributed by atoms with E-state index in [2.05, 4.69) is 27.1 Å². The van der Waals surface area contributed by atoms with Crippen LogP contribution in [0, 0.1) is 61.2 Å². The molecule has 0 aliphatic rings. The van der Waals surface area contributed by atoms with Crippen LogP contribution in [-0.4, -0.2) is 113 Å². The molecular weight excluding hydrogens is 784 g/mol. The molecule has 2 heterocycles. The maximum Gasteiger partial charge on any atom is 3.00 e. The second-order valence-corrected chi connectivity index (χ2v) is 11.3. The third kappa shape index (κ3) is 13.3. The number of Topliss-reactive ketones (excluding diaryl/α,β-unsaturated/α-hetero) is 1. The van der Waals surface area contributed by atoms with Gasteiger partial charge in [-0.3, -0.25) is 29.3 Å². The first-order valence-corrected chi connectivity index (χ1v) is 15.3. The van der Waals surface area contributed by atoms with Crippen LogP contribution < -0.4 is 20.6 Å². The normalized spacial score (nSPS) is 10.9. The fourth-order valence-corrected chi connectivity index (χ4v) is 5.10. The summed E-state index contributed by atoms with van der Waals surface area (Å²) in [5.74, 6) is 1.06. The Morgan fingerprint density at radius 3 is 1.80 bits per heavy atom. The Kier molecular flexibility index (Phi) is 16.0. The van der Waals surface area contributed by atoms with Crippen LogP contribution in [-0.2, 0) is 24.0 Å². The van der Waals surface area contributed by atoms with Crippen LogP contribution >= 0.6 is 0 Å². The number of pyridine rings is 2. The number of carbonyl (C=O) groups excluding carboxylic acids is 5. The fraction of sp³-hybridized carbons (Fsp3) is 0.286. The fourth-order valence-electron chi connectivity index (χ4n) is 5.10. The van der Waals surface area contributed by atoms with Gasteiger partial charge < -0.3 is 35.0 Å². The second-order valence-electron chi connectivity index (χ2n) is 11.3. The van der Waals surface area contributed by atoms with E-state index in [0.29, 0.717) is 16.9 Å². The molecule has 50 heavy (non-hydrogen) atoms. The van der Waals surface area contributed by atoms with E-state index in [9.17, 15) is 39.3 Å². The van der Waals surface area contributed by atoms with Crippen LogP contribution in [0.2, 0.25) is 0 Å². The van der Waals surface area contributed by atoms with Gasteiger partial charge in [0.1, 0.15) is 11.5 Å². The molecule has 0 aliphatic heterocycles. The predicted octanol–water partition coefficient (Wildman–Crippen LogP) is -2.13. The molecular formula is C35H33EuN6O8. The maximum atomic E-state index is 12.8. The molecule has 1 N–H and O–H groups in total. The Morgan fingerprint density at radius 1 is 0.660 bits per heavy atom. The number of benzene rings is 2. The van der Waals surface area contributed by atoms with Crippen LogP contribution in [0.5, 0.6) is 0 Å². The summed E-state index contributed by atoms with van der Waals surface area (Å²) in [5.41, 5.74) is 3.24. The molecule has 0 saturated carbocycles. The number of hydrogen-bond acceptors (Lipinski definition) is 13. The molecule has 4 aromatic rings. The number of ketones is 1. The summed E-state index contributed by atoms with van der Waals surface area (Å²) in [7, 11) is 0. The van der Waals surface area contributed by atoms with Gasteiger partial charge in [0.15, 0.2) is 0 Å². The van der Waals surface area contributed by atoms with Gasteiger partial charge in [-0.2, -0.15) is 0 Å². The topological polar surface area (TPSA) is 202 Å². The molecule has 0 atom stereocenters. The Morgan fingerprint density at radius 2 is 1.20 bits per heavy atom. The number of carbonyl (C=O) groups is 5. The number of amides is 1. The average molecular weight is 818 g/mol. The van der Waals surface area contributed by atoms with E-state index in [-0.39, 0.29) is 94.4 Å². The second kappa shape index (κ2) is 19.9. The molecule has 14 nitrogen and oxygen atoms in total. The van der Waals surface area contributed by atoms with E-state index < -0.39 is 43.4 Å². The zero-order chi connectivity index (χ0) is 35.3. The Labute approximate surface area is 329 Å². The van der Waals surface area contributed by atoms with E-state index in [1.807, 2.05) is 36.4 Å². The number of fused-ring (bicyclic) bond motifs is 3. The van der Waals surface area contributed by atoms with Crippen molar-refractivity contribution < 1.29 is 88.7 Å². The molecule has 0 fully saturated rings. The number of carboxylic acid groups (broad SMARTS) is 3. The Bertz CT molecular complexity index is 1890. The van der Waals surface area contributed by atoms with Crippen LogP contribution in [0.1, 0.15) is 18.2 Å². The molecule has 2 aromatic heterocycles. The Hall–Kier alpha value is -4.17. The van der Waals surface area contributed by atoms with Crippen molar-refractivity contribution in [3.05, 3.63) is 78.1 Å². The van der Waals surface area contributed by atoms with Gasteiger partial charge in [0.05, 0.1) is 42.0 Å². The number of rotatable bonds is 17. The molecule has 4 rings (SSSR count). The van der Waals surface area contributed by atoms with Crippen molar-refractivity contribution in [3.8, 4) is 11.8 Å². The van der Waals surface area contributed by atoms with Crippen molar-refractivity contribution in [2.75, 3.05) is 64.2 Å². The quantitative estimate of drug-likeness (QED) is 0.0896. The van der Waals surface area contributed by atoms with Gasteiger partial charge in [0.2, 0.25) is 5.91 Å². The minimum Gasteiger partial charge on any atom is -0.549 e. The van der Waals surface area contributed by atoms with E-state index in [4.69, 9.17) is 0 Å². The van der Waals surface area contributed by atoms with Crippen LogP contribution in [0.15, 0.2) is 66.9 Å². The monoisotopic (exact) mass is 818 g/mol. The van der Waals surface area contributed by atoms with Gasteiger partial charge >= 0.3 is 49.4 Å². The van der Waals surface area contributed by atoms with Crippen LogP contribution in [0.4, 0.5) is 5.69 Å². The summed E-state index contributed by atoms with van der Waals surface area (Å²) in [5, 5.41) is 38.4. The zero-order valence-corrected chi connectivity index (χ0v) is 29.5. The van der Waals surface area contributed by atoms with Crippen molar-refractivity contribution >= 4 is 57.1 Å².